The molecule has 2 aromatic heterocycles. The molecule has 0 saturated carbocycles. The lowest BCUT2D eigenvalue weighted by molar-refractivity contribution is -0.133. The molecule has 4 nitrogen and oxygen atoms in total. The van der Waals surface area contributed by atoms with Crippen LogP contribution in [0.1, 0.15) is 0 Å². The zero-order valence-electron chi connectivity index (χ0n) is 8.16. The number of carboxylic acids is 1. The zero-order valence-corrected chi connectivity index (χ0v) is 9.79. The van der Waals surface area contributed by atoms with E-state index in [2.05, 4.69) is 9.97 Å². The normalized spacial score (nSPS) is 10.2. The van der Waals surface area contributed by atoms with E-state index in [9.17, 15) is 4.79 Å². The predicted molar refractivity (Wildman–Crippen MR) is 63.7 cm³/mol. The maximum atomic E-state index is 10.4. The molecule has 2 aromatic rings. The maximum Gasteiger partial charge on any atom is 0.313 e. The van der Waals surface area contributed by atoms with Gasteiger partial charge in [-0.05, 0) is 12.1 Å². The summed E-state index contributed by atoms with van der Waals surface area (Å²) in [6.45, 7) is 0. The van der Waals surface area contributed by atoms with E-state index in [1.54, 1.807) is 6.20 Å². The highest BCUT2D eigenvalue weighted by Gasteiger charge is 2.07. The first kappa shape index (κ1) is 11.1. The van der Waals surface area contributed by atoms with E-state index in [0.29, 0.717) is 0 Å². The highest BCUT2D eigenvalue weighted by molar-refractivity contribution is 8.01. The summed E-state index contributed by atoms with van der Waals surface area (Å²) in [7, 11) is 0. The second-order valence-electron chi connectivity index (χ2n) is 2.90. The smallest absolute Gasteiger partial charge is 0.313 e. The zero-order chi connectivity index (χ0) is 11.4. The first-order valence-corrected chi connectivity index (χ1v) is 6.34. The fourth-order valence-electron chi connectivity index (χ4n) is 1.08. The summed E-state index contributed by atoms with van der Waals surface area (Å²) in [5.74, 6) is -0.797. The molecular formula is C10H8N2O2S2. The Bertz CT molecular complexity index is 485. The number of aromatic nitrogens is 2. The van der Waals surface area contributed by atoms with Crippen LogP contribution in [0.3, 0.4) is 0 Å². The molecule has 0 aliphatic rings. The fourth-order valence-corrected chi connectivity index (χ4v) is 2.62. The van der Waals surface area contributed by atoms with Gasteiger partial charge in [-0.1, -0.05) is 17.8 Å². The third-order valence-corrected chi connectivity index (χ3v) is 3.74. The topological polar surface area (TPSA) is 63.1 Å². The van der Waals surface area contributed by atoms with Crippen molar-refractivity contribution in [1.82, 2.24) is 9.97 Å². The number of thioether (sulfide) groups is 1. The Morgan fingerprint density at radius 1 is 1.44 bits per heavy atom. The minimum Gasteiger partial charge on any atom is -0.481 e. The van der Waals surface area contributed by atoms with Crippen molar-refractivity contribution in [2.75, 3.05) is 5.75 Å². The van der Waals surface area contributed by atoms with Crippen LogP contribution in [-0.4, -0.2) is 26.8 Å². The number of hydrogen-bond donors (Lipinski definition) is 1. The van der Waals surface area contributed by atoms with Crippen LogP contribution in [0.5, 0.6) is 0 Å². The van der Waals surface area contributed by atoms with Gasteiger partial charge in [0.25, 0.3) is 0 Å². The molecule has 0 aliphatic heterocycles. The average Bonchev–Trinajstić information content (AvgIpc) is 2.76. The average molecular weight is 252 g/mol. The molecule has 0 spiro atoms. The molecule has 2 rings (SSSR count). The minimum absolute atomic E-state index is 0.0369. The lowest BCUT2D eigenvalue weighted by atomic mass is 10.3. The van der Waals surface area contributed by atoms with Crippen LogP contribution in [0.25, 0.3) is 11.4 Å². The Morgan fingerprint density at radius 3 is 3.00 bits per heavy atom. The summed E-state index contributed by atoms with van der Waals surface area (Å²) in [5, 5.41) is 10.4. The Balaban J connectivity index is 2.11. The Kier molecular flexibility index (Phi) is 3.53. The summed E-state index contributed by atoms with van der Waals surface area (Å²) in [6.07, 6.45) is 1.71. The van der Waals surface area contributed by atoms with E-state index in [0.717, 1.165) is 15.7 Å². The molecule has 0 radical (unpaired) electrons. The van der Waals surface area contributed by atoms with Crippen LogP contribution in [0.15, 0.2) is 34.1 Å². The standard InChI is InChI=1S/C10H8N2O2S2/c13-9(14)6-16-10-12-8(5-15-10)7-3-1-2-4-11-7/h1-5H,6H2,(H,13,14). The highest BCUT2D eigenvalue weighted by atomic mass is 32.2. The molecule has 0 amide bonds. The van der Waals surface area contributed by atoms with Gasteiger partial charge in [0.15, 0.2) is 4.34 Å². The number of thiazole rings is 1. The van der Waals surface area contributed by atoms with Gasteiger partial charge < -0.3 is 5.11 Å². The third kappa shape index (κ3) is 2.80. The summed E-state index contributed by atoms with van der Waals surface area (Å²) in [6, 6.07) is 5.61. The van der Waals surface area contributed by atoms with Crippen LogP contribution in [0.4, 0.5) is 0 Å². The van der Waals surface area contributed by atoms with Gasteiger partial charge in [0.05, 0.1) is 11.4 Å². The number of carboxylic acid groups (broad SMARTS) is 1. The van der Waals surface area contributed by atoms with Crippen LogP contribution in [0.2, 0.25) is 0 Å². The third-order valence-electron chi connectivity index (χ3n) is 1.73. The molecular weight excluding hydrogens is 244 g/mol. The molecule has 0 unspecified atom stereocenters. The van der Waals surface area contributed by atoms with Crippen molar-refractivity contribution < 1.29 is 9.90 Å². The van der Waals surface area contributed by atoms with Crippen molar-refractivity contribution in [3.8, 4) is 11.4 Å². The van der Waals surface area contributed by atoms with Gasteiger partial charge >= 0.3 is 5.97 Å². The number of aliphatic carboxylic acids is 1. The fraction of sp³-hybridized carbons (Fsp3) is 0.100. The van der Waals surface area contributed by atoms with E-state index in [4.69, 9.17) is 5.11 Å². The van der Waals surface area contributed by atoms with E-state index in [-0.39, 0.29) is 5.75 Å². The lowest BCUT2D eigenvalue weighted by Crippen LogP contribution is -1.97. The largest absolute Gasteiger partial charge is 0.481 e. The van der Waals surface area contributed by atoms with Crippen molar-refractivity contribution in [3.63, 3.8) is 0 Å². The Morgan fingerprint density at radius 2 is 2.31 bits per heavy atom. The highest BCUT2D eigenvalue weighted by Crippen LogP contribution is 2.26. The molecule has 6 heteroatoms. The monoisotopic (exact) mass is 252 g/mol. The maximum absolute atomic E-state index is 10.4. The van der Waals surface area contributed by atoms with Gasteiger partial charge in [0, 0.05) is 11.6 Å². The molecule has 0 aromatic carbocycles. The molecule has 0 atom stereocenters. The van der Waals surface area contributed by atoms with Gasteiger partial charge in [0.1, 0.15) is 5.69 Å². The molecule has 16 heavy (non-hydrogen) atoms. The van der Waals surface area contributed by atoms with Crippen LogP contribution < -0.4 is 0 Å². The number of rotatable bonds is 4. The molecule has 0 bridgehead atoms. The summed E-state index contributed by atoms with van der Waals surface area (Å²) in [4.78, 5) is 18.9. The van der Waals surface area contributed by atoms with Crippen molar-refractivity contribution in [3.05, 3.63) is 29.8 Å². The van der Waals surface area contributed by atoms with Crippen LogP contribution in [-0.2, 0) is 4.79 Å². The van der Waals surface area contributed by atoms with Crippen LogP contribution >= 0.6 is 23.1 Å². The first-order valence-electron chi connectivity index (χ1n) is 4.47. The van der Waals surface area contributed by atoms with Gasteiger partial charge in [-0.15, -0.1) is 11.3 Å². The Labute approximate surface area is 100 Å². The van der Waals surface area contributed by atoms with Gasteiger partial charge in [-0.2, -0.15) is 0 Å². The number of carbonyl (C=O) groups is 1. The van der Waals surface area contributed by atoms with Crippen molar-refractivity contribution in [1.29, 1.82) is 0 Å². The molecule has 0 fully saturated rings. The quantitative estimate of drug-likeness (QED) is 0.846. The van der Waals surface area contributed by atoms with E-state index < -0.39 is 5.97 Å². The lowest BCUT2D eigenvalue weighted by Gasteiger charge is -1.93. The van der Waals surface area contributed by atoms with E-state index >= 15 is 0 Å². The SMILES string of the molecule is O=C(O)CSc1nc(-c2ccccn2)cs1. The number of nitrogens with zero attached hydrogens (tertiary/aromatic N) is 2. The molecule has 82 valence electrons. The van der Waals surface area contributed by atoms with Crippen LogP contribution in [0, 0.1) is 0 Å². The van der Waals surface area contributed by atoms with E-state index in [1.165, 1.54) is 23.1 Å². The summed E-state index contributed by atoms with van der Waals surface area (Å²) in [5.41, 5.74) is 1.60. The number of pyridine rings is 1. The van der Waals surface area contributed by atoms with Gasteiger partial charge in [0.2, 0.25) is 0 Å². The van der Waals surface area contributed by atoms with E-state index in [1.807, 2.05) is 23.6 Å². The molecule has 0 saturated heterocycles. The predicted octanol–water partition coefficient (Wildman–Crippen LogP) is 2.38. The molecule has 2 heterocycles. The number of hydrogen-bond acceptors (Lipinski definition) is 5. The van der Waals surface area contributed by atoms with Gasteiger partial charge in [-0.3, -0.25) is 9.78 Å². The Hall–Kier alpha value is -1.40. The molecule has 1 N–H and O–H groups in total. The van der Waals surface area contributed by atoms with Gasteiger partial charge in [-0.25, -0.2) is 4.98 Å². The summed E-state index contributed by atoms with van der Waals surface area (Å²) >= 11 is 2.66. The summed E-state index contributed by atoms with van der Waals surface area (Å²) < 4.78 is 0.753. The minimum atomic E-state index is -0.834. The first-order chi connectivity index (χ1) is 7.75. The van der Waals surface area contributed by atoms with Crippen molar-refractivity contribution in [2.45, 2.75) is 4.34 Å². The molecule has 0 aliphatic carbocycles. The second kappa shape index (κ2) is 5.09. The second-order valence-corrected chi connectivity index (χ2v) is 4.98. The van der Waals surface area contributed by atoms with Crippen molar-refractivity contribution in [2.24, 2.45) is 0 Å². The van der Waals surface area contributed by atoms with Crippen molar-refractivity contribution >= 4 is 29.1 Å².